The monoisotopic (exact) mass is 424 g/mol. The van der Waals surface area contributed by atoms with E-state index in [1.807, 2.05) is 27.2 Å². The lowest BCUT2D eigenvalue weighted by atomic mass is 9.92. The van der Waals surface area contributed by atoms with Crippen molar-refractivity contribution in [2.45, 2.75) is 96.0 Å². The van der Waals surface area contributed by atoms with Crippen LogP contribution in [0.2, 0.25) is 0 Å². The Kier molecular flexibility index (Phi) is 15.5. The molecule has 1 unspecified atom stereocenters. The minimum Gasteiger partial charge on any atom is -0.481 e. The third-order valence-electron chi connectivity index (χ3n) is 5.11. The highest BCUT2D eigenvalue weighted by molar-refractivity contribution is 5.99. The number of carboxylic acids is 1. The van der Waals surface area contributed by atoms with Crippen molar-refractivity contribution in [1.29, 1.82) is 0 Å². The van der Waals surface area contributed by atoms with Crippen molar-refractivity contribution in [3.63, 3.8) is 0 Å². The van der Waals surface area contributed by atoms with Gasteiger partial charge in [0.1, 0.15) is 6.54 Å². The molecule has 0 bridgehead atoms. The van der Waals surface area contributed by atoms with Crippen LogP contribution >= 0.6 is 0 Å². The Morgan fingerprint density at radius 1 is 0.833 bits per heavy atom. The van der Waals surface area contributed by atoms with Gasteiger partial charge in [-0.1, -0.05) is 89.4 Å². The van der Waals surface area contributed by atoms with E-state index < -0.39 is 23.8 Å². The largest absolute Gasteiger partial charge is 0.481 e. The van der Waals surface area contributed by atoms with Gasteiger partial charge in [-0.25, -0.2) is 0 Å². The van der Waals surface area contributed by atoms with Crippen molar-refractivity contribution in [2.75, 3.05) is 27.7 Å². The van der Waals surface area contributed by atoms with Gasteiger partial charge in [-0.05, 0) is 18.9 Å². The van der Waals surface area contributed by atoms with Gasteiger partial charge in [0.25, 0.3) is 0 Å². The third kappa shape index (κ3) is 16.3. The molecular formula is C25H46NO4+. The summed E-state index contributed by atoms with van der Waals surface area (Å²) in [7, 11) is 5.45. The molecule has 0 spiro atoms. The summed E-state index contributed by atoms with van der Waals surface area (Å²) in [4.78, 5) is 23.4. The highest BCUT2D eigenvalue weighted by Gasteiger charge is 2.41. The summed E-state index contributed by atoms with van der Waals surface area (Å²) < 4.78 is 0.304. The number of likely N-dealkylation sites (N-methyl/N-ethyl adjacent to an activating group) is 1. The number of carbonyl (C=O) groups excluding carboxylic acids is 1. The maximum absolute atomic E-state index is 12.4. The van der Waals surface area contributed by atoms with E-state index in [0.717, 1.165) is 12.8 Å². The van der Waals surface area contributed by atoms with Crippen LogP contribution in [0.25, 0.3) is 0 Å². The minimum absolute atomic E-state index is 0.0466. The molecule has 0 rings (SSSR count). The van der Waals surface area contributed by atoms with Crippen LogP contribution in [-0.4, -0.2) is 59.7 Å². The molecular weight excluding hydrogens is 378 g/mol. The predicted octanol–water partition coefficient (Wildman–Crippen LogP) is 5.28. The van der Waals surface area contributed by atoms with E-state index in [0.29, 0.717) is 4.48 Å². The molecule has 0 aliphatic rings. The van der Waals surface area contributed by atoms with Crippen molar-refractivity contribution in [2.24, 2.45) is 0 Å². The molecule has 0 aromatic rings. The van der Waals surface area contributed by atoms with Crippen LogP contribution in [0.3, 0.4) is 0 Å². The first-order chi connectivity index (χ1) is 14.1. The molecule has 2 N–H and O–H groups in total. The fourth-order valence-corrected chi connectivity index (χ4v) is 3.66. The lowest BCUT2D eigenvalue weighted by molar-refractivity contribution is -0.875. The number of ketones is 1. The van der Waals surface area contributed by atoms with Gasteiger partial charge < -0.3 is 14.7 Å². The molecule has 0 aliphatic heterocycles. The van der Waals surface area contributed by atoms with Gasteiger partial charge in [0, 0.05) is 0 Å². The summed E-state index contributed by atoms with van der Waals surface area (Å²) in [5, 5.41) is 19.6. The molecule has 0 aromatic carbocycles. The number of allylic oxidation sites excluding steroid dienone is 3. The fourth-order valence-electron chi connectivity index (χ4n) is 3.66. The standard InChI is InChI=1S/C25H45NO4/c1-5-6-7-8-9-10-11-12-13-14-15-16-17-18-19-20-23(27)25(30,21-24(28)29)22-26(2,3)4/h17-20,30H,5-16,21-22H2,1-4H3/p+1. The number of nitrogens with zero attached hydrogens (tertiary/aromatic N) is 1. The second-order valence-corrected chi connectivity index (χ2v) is 9.53. The molecule has 0 saturated carbocycles. The van der Waals surface area contributed by atoms with E-state index in [1.54, 1.807) is 12.2 Å². The van der Waals surface area contributed by atoms with E-state index in [4.69, 9.17) is 5.11 Å². The first kappa shape index (κ1) is 28.5. The number of hydrogen-bond donors (Lipinski definition) is 2. The molecule has 0 aromatic heterocycles. The Morgan fingerprint density at radius 3 is 1.80 bits per heavy atom. The molecule has 0 saturated heterocycles. The Labute approximate surface area is 184 Å². The average molecular weight is 425 g/mol. The maximum atomic E-state index is 12.4. The van der Waals surface area contributed by atoms with Gasteiger partial charge in [-0.15, -0.1) is 0 Å². The number of aliphatic hydroxyl groups is 1. The quantitative estimate of drug-likeness (QED) is 0.128. The Bertz CT molecular complexity index is 534. The van der Waals surface area contributed by atoms with Crippen molar-refractivity contribution >= 4 is 11.8 Å². The first-order valence-corrected chi connectivity index (χ1v) is 11.7. The van der Waals surface area contributed by atoms with Gasteiger partial charge >= 0.3 is 5.97 Å². The zero-order valence-corrected chi connectivity index (χ0v) is 19.9. The number of carboxylic acid groups (broad SMARTS) is 1. The van der Waals surface area contributed by atoms with Crippen molar-refractivity contribution in [1.82, 2.24) is 0 Å². The van der Waals surface area contributed by atoms with Crippen LogP contribution in [0.4, 0.5) is 0 Å². The van der Waals surface area contributed by atoms with Crippen LogP contribution in [0.15, 0.2) is 24.3 Å². The van der Waals surface area contributed by atoms with E-state index >= 15 is 0 Å². The number of carbonyl (C=O) groups is 2. The second kappa shape index (κ2) is 16.3. The third-order valence-corrected chi connectivity index (χ3v) is 5.11. The molecule has 0 radical (unpaired) electrons. The van der Waals surface area contributed by atoms with Crippen LogP contribution in [0.1, 0.15) is 90.4 Å². The zero-order chi connectivity index (χ0) is 22.9. The number of hydrogen-bond acceptors (Lipinski definition) is 3. The molecule has 30 heavy (non-hydrogen) atoms. The molecule has 5 nitrogen and oxygen atoms in total. The lowest BCUT2D eigenvalue weighted by Gasteiger charge is -2.33. The predicted molar refractivity (Wildman–Crippen MR) is 124 cm³/mol. The molecule has 0 amide bonds. The number of quaternary nitrogens is 1. The fraction of sp³-hybridized carbons (Fsp3) is 0.760. The van der Waals surface area contributed by atoms with Gasteiger partial charge in [-0.2, -0.15) is 0 Å². The molecule has 0 aliphatic carbocycles. The van der Waals surface area contributed by atoms with E-state index in [2.05, 4.69) is 6.92 Å². The van der Waals surface area contributed by atoms with Gasteiger partial charge in [0.05, 0.1) is 27.6 Å². The van der Waals surface area contributed by atoms with Gasteiger partial charge in [0.2, 0.25) is 0 Å². The average Bonchev–Trinajstić information content (AvgIpc) is 2.62. The van der Waals surface area contributed by atoms with Gasteiger partial charge in [0.15, 0.2) is 11.4 Å². The summed E-state index contributed by atoms with van der Waals surface area (Å²) in [5.74, 6) is -1.74. The second-order valence-electron chi connectivity index (χ2n) is 9.53. The highest BCUT2D eigenvalue weighted by Crippen LogP contribution is 2.17. The van der Waals surface area contributed by atoms with E-state index in [1.165, 1.54) is 70.3 Å². The summed E-state index contributed by atoms with van der Waals surface area (Å²) in [5.41, 5.74) is -1.88. The lowest BCUT2D eigenvalue weighted by Crippen LogP contribution is -2.54. The van der Waals surface area contributed by atoms with E-state index in [9.17, 15) is 14.7 Å². The van der Waals surface area contributed by atoms with Crippen LogP contribution in [0, 0.1) is 0 Å². The normalized spacial score (nSPS) is 14.4. The summed E-state index contributed by atoms with van der Waals surface area (Å²) in [6.45, 7) is 2.30. The zero-order valence-electron chi connectivity index (χ0n) is 19.9. The number of aliphatic carboxylic acids is 1. The highest BCUT2D eigenvalue weighted by atomic mass is 16.4. The van der Waals surface area contributed by atoms with E-state index in [-0.39, 0.29) is 6.54 Å². The van der Waals surface area contributed by atoms with Gasteiger partial charge in [-0.3, -0.25) is 9.59 Å². The molecule has 5 heteroatoms. The maximum Gasteiger partial charge on any atom is 0.307 e. The molecule has 0 fully saturated rings. The smallest absolute Gasteiger partial charge is 0.307 e. The molecule has 1 atom stereocenters. The van der Waals surface area contributed by atoms with Crippen LogP contribution in [-0.2, 0) is 9.59 Å². The SMILES string of the molecule is CCCCCCCCCCCCCC=CC=CC(=O)C(O)(CC(=O)O)C[N+](C)(C)C. The summed E-state index contributed by atoms with van der Waals surface area (Å²) >= 11 is 0. The molecule has 0 heterocycles. The number of rotatable bonds is 19. The van der Waals surface area contributed by atoms with Crippen LogP contribution in [0.5, 0.6) is 0 Å². The van der Waals surface area contributed by atoms with Crippen molar-refractivity contribution < 1.29 is 24.3 Å². The summed E-state index contributed by atoms with van der Waals surface area (Å²) in [6, 6.07) is 0. The topological polar surface area (TPSA) is 74.6 Å². The molecule has 174 valence electrons. The summed E-state index contributed by atoms with van der Waals surface area (Å²) in [6.07, 6.45) is 21.6. The minimum atomic E-state index is -1.88. The Morgan fingerprint density at radius 2 is 1.33 bits per heavy atom. The van der Waals surface area contributed by atoms with Crippen molar-refractivity contribution in [3.05, 3.63) is 24.3 Å². The number of unbranched alkanes of at least 4 members (excludes halogenated alkanes) is 11. The Balaban J connectivity index is 4.02. The Hall–Kier alpha value is -1.46. The van der Waals surface area contributed by atoms with Crippen LogP contribution < -0.4 is 0 Å². The van der Waals surface area contributed by atoms with Crippen molar-refractivity contribution in [3.8, 4) is 0 Å². The first-order valence-electron chi connectivity index (χ1n) is 11.7.